The van der Waals surface area contributed by atoms with Gasteiger partial charge in [0, 0.05) is 30.1 Å². The zero-order chi connectivity index (χ0) is 19.6. The van der Waals surface area contributed by atoms with Crippen LogP contribution >= 0.6 is 0 Å². The molecule has 0 N–H and O–H groups in total. The molecule has 2 aromatic rings. The summed E-state index contributed by atoms with van der Waals surface area (Å²) in [4.78, 5) is 24.1. The van der Waals surface area contributed by atoms with Crippen molar-refractivity contribution in [1.82, 2.24) is 4.57 Å². The van der Waals surface area contributed by atoms with E-state index in [0.29, 0.717) is 11.4 Å². The van der Waals surface area contributed by atoms with Crippen LogP contribution in [0.15, 0.2) is 52.3 Å². The molecule has 0 bridgehead atoms. The number of nitrogens with zero attached hydrogens (tertiary/aromatic N) is 1. The lowest BCUT2D eigenvalue weighted by Gasteiger charge is -2.27. The van der Waals surface area contributed by atoms with Crippen molar-refractivity contribution in [3.8, 4) is 11.4 Å². The molecule has 144 valence electrons. The normalized spacial score (nSPS) is 20.2. The highest BCUT2D eigenvalue weighted by atomic mass is 32.2. The molecule has 7 heteroatoms. The van der Waals surface area contributed by atoms with Crippen molar-refractivity contribution in [3.05, 3.63) is 52.9 Å². The van der Waals surface area contributed by atoms with Crippen molar-refractivity contribution in [2.75, 3.05) is 6.26 Å². The lowest BCUT2D eigenvalue weighted by Crippen LogP contribution is -2.27. The first kappa shape index (κ1) is 19.4. The van der Waals surface area contributed by atoms with Crippen LogP contribution in [-0.2, 0) is 14.6 Å². The number of carbonyl (C=O) groups excluding carboxylic acids is 1. The first-order chi connectivity index (χ1) is 12.7. The molecule has 1 aromatic carbocycles. The van der Waals surface area contributed by atoms with Crippen molar-refractivity contribution in [2.24, 2.45) is 5.92 Å². The Morgan fingerprint density at radius 2 is 1.70 bits per heavy atom. The van der Waals surface area contributed by atoms with Crippen LogP contribution in [0.2, 0.25) is 0 Å². The predicted octanol–water partition coefficient (Wildman–Crippen LogP) is 2.77. The third-order valence-electron chi connectivity index (χ3n) is 4.99. The fraction of sp³-hybridized carbons (Fsp3) is 0.400. The average Bonchev–Trinajstić information content (AvgIpc) is 2.62. The maximum Gasteiger partial charge on any atom is 0.258 e. The standard InChI is InChI=1S/C20H23NO5S/c1-14(22)15-3-7-17(8-4-15)26-18-11-12-21(20(23)13-18)16-5-9-19(10-6-16)27(2,24)25/h5-6,9-13,15,17H,3-4,7-8H2,1-2H3/t15-,17+. The maximum absolute atomic E-state index is 12.4. The van der Waals surface area contributed by atoms with Crippen LogP contribution in [0.25, 0.3) is 5.69 Å². The van der Waals surface area contributed by atoms with E-state index in [1.807, 2.05) is 0 Å². The Balaban J connectivity index is 1.71. The minimum atomic E-state index is -3.27. The summed E-state index contributed by atoms with van der Waals surface area (Å²) < 4.78 is 30.4. The van der Waals surface area contributed by atoms with Crippen molar-refractivity contribution >= 4 is 15.6 Å². The molecule has 1 aliphatic rings. The van der Waals surface area contributed by atoms with Crippen LogP contribution < -0.4 is 10.3 Å². The smallest absolute Gasteiger partial charge is 0.258 e. The number of sulfone groups is 1. The van der Waals surface area contributed by atoms with Gasteiger partial charge in [0.2, 0.25) is 0 Å². The second-order valence-electron chi connectivity index (χ2n) is 7.04. The van der Waals surface area contributed by atoms with Crippen LogP contribution in [0.1, 0.15) is 32.6 Å². The molecule has 0 aliphatic heterocycles. The van der Waals surface area contributed by atoms with Gasteiger partial charge in [0.15, 0.2) is 9.84 Å². The molecule has 1 aromatic heterocycles. The van der Waals surface area contributed by atoms with Crippen LogP contribution in [0, 0.1) is 5.92 Å². The molecular formula is C20H23NO5S. The summed E-state index contributed by atoms with van der Waals surface area (Å²) in [5, 5.41) is 0. The number of benzene rings is 1. The fourth-order valence-electron chi connectivity index (χ4n) is 3.38. The quantitative estimate of drug-likeness (QED) is 0.785. The lowest BCUT2D eigenvalue weighted by molar-refractivity contribution is -0.122. The molecule has 3 rings (SSSR count). The van der Waals surface area contributed by atoms with Gasteiger partial charge in [-0.25, -0.2) is 8.42 Å². The number of hydrogen-bond donors (Lipinski definition) is 0. The number of carbonyl (C=O) groups is 1. The Morgan fingerprint density at radius 1 is 1.07 bits per heavy atom. The number of ether oxygens (including phenoxy) is 1. The van der Waals surface area contributed by atoms with E-state index in [0.717, 1.165) is 31.9 Å². The molecule has 6 nitrogen and oxygen atoms in total. The predicted molar refractivity (Wildman–Crippen MR) is 102 cm³/mol. The number of ketones is 1. The van der Waals surface area contributed by atoms with E-state index in [1.165, 1.54) is 22.8 Å². The van der Waals surface area contributed by atoms with E-state index >= 15 is 0 Å². The van der Waals surface area contributed by atoms with Crippen LogP contribution in [0.4, 0.5) is 0 Å². The number of hydrogen-bond acceptors (Lipinski definition) is 5. The van der Waals surface area contributed by atoms with Gasteiger partial charge in [-0.2, -0.15) is 0 Å². The molecule has 1 heterocycles. The maximum atomic E-state index is 12.4. The van der Waals surface area contributed by atoms with Crippen LogP contribution in [0.5, 0.6) is 5.75 Å². The molecule has 0 saturated heterocycles. The third kappa shape index (κ3) is 4.66. The zero-order valence-corrected chi connectivity index (χ0v) is 16.2. The molecule has 1 fully saturated rings. The summed E-state index contributed by atoms with van der Waals surface area (Å²) >= 11 is 0. The Labute approximate surface area is 158 Å². The zero-order valence-electron chi connectivity index (χ0n) is 15.4. The van der Waals surface area contributed by atoms with E-state index in [2.05, 4.69) is 0 Å². The highest BCUT2D eigenvalue weighted by molar-refractivity contribution is 7.90. The summed E-state index contributed by atoms with van der Waals surface area (Å²) in [6, 6.07) is 9.32. The number of aromatic nitrogens is 1. The number of Topliss-reactive ketones (excluding diaryl/α,β-unsaturated/α-hetero) is 1. The largest absolute Gasteiger partial charge is 0.490 e. The van der Waals surface area contributed by atoms with E-state index in [4.69, 9.17) is 4.74 Å². The van der Waals surface area contributed by atoms with E-state index in [9.17, 15) is 18.0 Å². The molecule has 0 spiro atoms. The average molecular weight is 389 g/mol. The van der Waals surface area contributed by atoms with Crippen molar-refractivity contribution in [3.63, 3.8) is 0 Å². The molecule has 1 aliphatic carbocycles. The lowest BCUT2D eigenvalue weighted by atomic mass is 9.85. The van der Waals surface area contributed by atoms with Gasteiger partial charge in [0.05, 0.1) is 11.0 Å². The van der Waals surface area contributed by atoms with Crippen LogP contribution in [-0.4, -0.2) is 31.1 Å². The van der Waals surface area contributed by atoms with E-state index < -0.39 is 9.84 Å². The van der Waals surface area contributed by atoms with Gasteiger partial charge < -0.3 is 4.74 Å². The van der Waals surface area contributed by atoms with Gasteiger partial charge in [0.1, 0.15) is 11.5 Å². The summed E-state index contributed by atoms with van der Waals surface area (Å²) in [6.07, 6.45) is 6.04. The Hall–Kier alpha value is -2.41. The Bertz CT molecular complexity index is 984. The van der Waals surface area contributed by atoms with Crippen molar-refractivity contribution in [2.45, 2.75) is 43.6 Å². The first-order valence-electron chi connectivity index (χ1n) is 8.94. The Kier molecular flexibility index (Phi) is 5.51. The highest BCUT2D eigenvalue weighted by Gasteiger charge is 2.25. The molecule has 0 amide bonds. The number of pyridine rings is 1. The van der Waals surface area contributed by atoms with Gasteiger partial charge in [-0.15, -0.1) is 0 Å². The fourth-order valence-corrected chi connectivity index (χ4v) is 4.01. The highest BCUT2D eigenvalue weighted by Crippen LogP contribution is 2.28. The Morgan fingerprint density at radius 3 is 2.22 bits per heavy atom. The summed E-state index contributed by atoms with van der Waals surface area (Å²) in [5.41, 5.74) is 0.331. The first-order valence-corrected chi connectivity index (χ1v) is 10.8. The van der Waals surface area contributed by atoms with Gasteiger partial charge in [-0.05, 0) is 62.9 Å². The van der Waals surface area contributed by atoms with E-state index in [1.54, 1.807) is 31.3 Å². The molecular weight excluding hydrogens is 366 g/mol. The number of rotatable bonds is 5. The van der Waals surface area contributed by atoms with Gasteiger partial charge >= 0.3 is 0 Å². The molecule has 0 radical (unpaired) electrons. The molecule has 27 heavy (non-hydrogen) atoms. The summed E-state index contributed by atoms with van der Waals surface area (Å²) in [7, 11) is -3.27. The van der Waals surface area contributed by atoms with Crippen molar-refractivity contribution < 1.29 is 17.9 Å². The SMILES string of the molecule is CC(=O)[C@H]1CC[C@@H](Oc2ccn(-c3ccc(S(C)(=O)=O)cc3)c(=O)c2)CC1. The minimum absolute atomic E-state index is 0.0184. The van der Waals surface area contributed by atoms with Gasteiger partial charge in [-0.1, -0.05) is 0 Å². The monoisotopic (exact) mass is 389 g/mol. The molecule has 0 unspecified atom stereocenters. The minimum Gasteiger partial charge on any atom is -0.490 e. The third-order valence-corrected chi connectivity index (χ3v) is 6.11. The second kappa shape index (κ2) is 7.68. The summed E-state index contributed by atoms with van der Waals surface area (Å²) in [6.45, 7) is 1.63. The van der Waals surface area contributed by atoms with E-state index in [-0.39, 0.29) is 28.3 Å². The molecule has 0 atom stereocenters. The van der Waals surface area contributed by atoms with Crippen LogP contribution in [0.3, 0.4) is 0 Å². The summed E-state index contributed by atoms with van der Waals surface area (Å²) in [5.74, 6) is 0.876. The van der Waals surface area contributed by atoms with Crippen molar-refractivity contribution in [1.29, 1.82) is 0 Å². The molecule has 1 saturated carbocycles. The van der Waals surface area contributed by atoms with Gasteiger partial charge in [0.25, 0.3) is 5.56 Å². The second-order valence-corrected chi connectivity index (χ2v) is 9.05. The van der Waals surface area contributed by atoms with Gasteiger partial charge in [-0.3, -0.25) is 14.2 Å². The topological polar surface area (TPSA) is 82.4 Å².